The van der Waals surface area contributed by atoms with Crippen molar-refractivity contribution in [1.82, 2.24) is 0 Å². The molecule has 1 aromatic rings. The Labute approximate surface area is 115 Å². The fraction of sp³-hybridized carbons (Fsp3) is 0.500. The average molecular weight is 284 g/mol. The molecule has 0 bridgehead atoms. The normalized spacial score (nSPS) is 20.8. The van der Waals surface area contributed by atoms with Gasteiger partial charge in [0.05, 0.1) is 17.7 Å². The first-order chi connectivity index (χ1) is 9.34. The number of alkyl halides is 3. The maximum absolute atomic E-state index is 12.7. The van der Waals surface area contributed by atoms with Gasteiger partial charge in [-0.15, -0.1) is 0 Å². The third kappa shape index (κ3) is 2.73. The average Bonchev–Trinajstić information content (AvgIpc) is 2.85. The number of benzene rings is 1. The van der Waals surface area contributed by atoms with Crippen molar-refractivity contribution in [3.8, 4) is 6.07 Å². The minimum absolute atomic E-state index is 0.306. The maximum Gasteiger partial charge on any atom is 0.416 e. The van der Waals surface area contributed by atoms with Crippen LogP contribution in [0.3, 0.4) is 0 Å². The lowest BCUT2D eigenvalue weighted by atomic mass is 10.1. The van der Waals surface area contributed by atoms with Gasteiger partial charge in [-0.2, -0.15) is 18.4 Å². The van der Waals surface area contributed by atoms with Crippen molar-refractivity contribution < 1.29 is 18.3 Å². The van der Waals surface area contributed by atoms with E-state index in [4.69, 9.17) is 5.26 Å². The Hall–Kier alpha value is -1.74. The van der Waals surface area contributed by atoms with Gasteiger partial charge in [-0.1, -0.05) is 0 Å². The van der Waals surface area contributed by atoms with Crippen molar-refractivity contribution in [3.63, 3.8) is 0 Å². The van der Waals surface area contributed by atoms with Crippen LogP contribution in [-0.2, 0) is 0 Å². The predicted octanol–water partition coefficient (Wildman–Crippen LogP) is 2.76. The lowest BCUT2D eigenvalue weighted by molar-refractivity contribution is -0.209. The van der Waals surface area contributed by atoms with Crippen LogP contribution < -0.4 is 4.90 Å². The van der Waals surface area contributed by atoms with Crippen LogP contribution in [0.25, 0.3) is 0 Å². The van der Waals surface area contributed by atoms with E-state index in [1.54, 1.807) is 30.0 Å². The van der Waals surface area contributed by atoms with Gasteiger partial charge in [-0.3, -0.25) is 0 Å². The van der Waals surface area contributed by atoms with E-state index < -0.39 is 18.3 Å². The van der Waals surface area contributed by atoms with E-state index in [0.717, 1.165) is 5.56 Å². The molecule has 3 nitrogen and oxygen atoms in total. The van der Waals surface area contributed by atoms with Gasteiger partial charge in [0.15, 0.2) is 6.10 Å². The summed E-state index contributed by atoms with van der Waals surface area (Å²) in [6.45, 7) is 2.23. The molecule has 0 saturated carbocycles. The molecule has 0 aliphatic carbocycles. The molecule has 2 rings (SSSR count). The molecular formula is C14H15F3N2O. The Morgan fingerprint density at radius 3 is 2.70 bits per heavy atom. The zero-order valence-corrected chi connectivity index (χ0v) is 11.0. The molecule has 1 fully saturated rings. The Bertz CT molecular complexity index is 536. The first-order valence-corrected chi connectivity index (χ1v) is 6.37. The van der Waals surface area contributed by atoms with E-state index in [-0.39, 0.29) is 0 Å². The van der Waals surface area contributed by atoms with Crippen LogP contribution >= 0.6 is 0 Å². The summed E-state index contributed by atoms with van der Waals surface area (Å²) in [6, 6.07) is 5.91. The number of aliphatic hydroxyl groups is 1. The molecule has 1 saturated heterocycles. The molecular weight excluding hydrogens is 269 g/mol. The van der Waals surface area contributed by atoms with Crippen LogP contribution in [0.1, 0.15) is 24.0 Å². The van der Waals surface area contributed by atoms with Gasteiger partial charge in [0.2, 0.25) is 0 Å². The van der Waals surface area contributed by atoms with Gasteiger partial charge in [-0.05, 0) is 43.5 Å². The number of anilines is 1. The van der Waals surface area contributed by atoms with Crippen molar-refractivity contribution in [1.29, 1.82) is 5.26 Å². The van der Waals surface area contributed by atoms with E-state index in [0.29, 0.717) is 30.6 Å². The van der Waals surface area contributed by atoms with Gasteiger partial charge in [0.1, 0.15) is 0 Å². The Morgan fingerprint density at radius 1 is 1.45 bits per heavy atom. The van der Waals surface area contributed by atoms with Crippen molar-refractivity contribution in [2.75, 3.05) is 11.4 Å². The number of halogens is 3. The van der Waals surface area contributed by atoms with Crippen molar-refractivity contribution in [2.45, 2.75) is 38.1 Å². The molecule has 1 aliphatic heterocycles. The van der Waals surface area contributed by atoms with Crippen molar-refractivity contribution in [2.24, 2.45) is 0 Å². The summed E-state index contributed by atoms with van der Waals surface area (Å²) >= 11 is 0. The highest BCUT2D eigenvalue weighted by Gasteiger charge is 2.47. The van der Waals surface area contributed by atoms with E-state index in [2.05, 4.69) is 0 Å². The van der Waals surface area contributed by atoms with Crippen LogP contribution in [0.15, 0.2) is 18.2 Å². The van der Waals surface area contributed by atoms with E-state index in [9.17, 15) is 18.3 Å². The summed E-state index contributed by atoms with van der Waals surface area (Å²) in [7, 11) is 0. The van der Waals surface area contributed by atoms with E-state index in [1.165, 1.54) is 0 Å². The Morgan fingerprint density at radius 2 is 2.15 bits per heavy atom. The highest BCUT2D eigenvalue weighted by Crippen LogP contribution is 2.35. The minimum Gasteiger partial charge on any atom is -0.382 e. The molecule has 1 heterocycles. The van der Waals surface area contributed by atoms with E-state index in [1.807, 2.05) is 6.07 Å². The number of rotatable bonds is 2. The monoisotopic (exact) mass is 284 g/mol. The highest BCUT2D eigenvalue weighted by atomic mass is 19.4. The molecule has 1 N–H and O–H groups in total. The highest BCUT2D eigenvalue weighted by molar-refractivity contribution is 5.57. The summed E-state index contributed by atoms with van der Waals surface area (Å²) < 4.78 is 38.1. The Balaban J connectivity index is 2.30. The van der Waals surface area contributed by atoms with Crippen molar-refractivity contribution >= 4 is 5.69 Å². The number of aryl methyl sites for hydroxylation is 1. The molecule has 6 heteroatoms. The molecule has 0 aromatic heterocycles. The van der Waals surface area contributed by atoms with Gasteiger partial charge >= 0.3 is 6.18 Å². The SMILES string of the molecule is Cc1cc(C#N)ccc1N1CCC[C@@H]1[C@H](O)C(F)(F)F. The van der Waals surface area contributed by atoms with Crippen LogP contribution in [0.5, 0.6) is 0 Å². The summed E-state index contributed by atoms with van der Waals surface area (Å²) in [5.41, 5.74) is 1.86. The molecule has 1 aliphatic rings. The zero-order chi connectivity index (χ0) is 14.9. The maximum atomic E-state index is 12.7. The lowest BCUT2D eigenvalue weighted by Crippen LogP contribution is -2.47. The summed E-state index contributed by atoms with van der Waals surface area (Å²) in [5, 5.41) is 18.3. The second-order valence-corrected chi connectivity index (χ2v) is 5.00. The predicted molar refractivity (Wildman–Crippen MR) is 68.3 cm³/mol. The van der Waals surface area contributed by atoms with Crippen molar-refractivity contribution in [3.05, 3.63) is 29.3 Å². The molecule has 20 heavy (non-hydrogen) atoms. The lowest BCUT2D eigenvalue weighted by Gasteiger charge is -2.32. The summed E-state index contributed by atoms with van der Waals surface area (Å²) in [4.78, 5) is 1.59. The number of nitriles is 1. The number of nitrogens with zero attached hydrogens (tertiary/aromatic N) is 2. The molecule has 1 aromatic carbocycles. The first-order valence-electron chi connectivity index (χ1n) is 6.37. The smallest absolute Gasteiger partial charge is 0.382 e. The molecule has 0 spiro atoms. The van der Waals surface area contributed by atoms with Gasteiger partial charge in [0.25, 0.3) is 0 Å². The quantitative estimate of drug-likeness (QED) is 0.908. The largest absolute Gasteiger partial charge is 0.416 e. The second kappa shape index (κ2) is 5.33. The summed E-state index contributed by atoms with van der Waals surface area (Å²) in [6.07, 6.45) is -6.05. The number of aliphatic hydroxyl groups excluding tert-OH is 1. The topological polar surface area (TPSA) is 47.3 Å². The zero-order valence-electron chi connectivity index (χ0n) is 11.0. The van der Waals surface area contributed by atoms with Crippen LogP contribution in [0, 0.1) is 18.3 Å². The van der Waals surface area contributed by atoms with Gasteiger partial charge in [-0.25, -0.2) is 0 Å². The third-order valence-electron chi connectivity index (χ3n) is 3.63. The van der Waals surface area contributed by atoms with Crippen LogP contribution in [0.4, 0.5) is 18.9 Å². The number of hydrogen-bond donors (Lipinski definition) is 1. The molecule has 0 amide bonds. The standard InChI is InChI=1S/C14H15F3N2O/c1-9-7-10(8-18)4-5-11(9)19-6-2-3-12(19)13(20)14(15,16)17/h4-5,7,12-13,20H,2-3,6H2,1H3/t12-,13+/m1/s1. The minimum atomic E-state index is -4.62. The molecule has 0 unspecified atom stereocenters. The van der Waals surface area contributed by atoms with E-state index >= 15 is 0 Å². The fourth-order valence-electron chi connectivity index (χ4n) is 2.69. The molecule has 0 radical (unpaired) electrons. The Kier molecular flexibility index (Phi) is 3.91. The van der Waals surface area contributed by atoms with Gasteiger partial charge < -0.3 is 10.0 Å². The van der Waals surface area contributed by atoms with Gasteiger partial charge in [0, 0.05) is 12.2 Å². The summed E-state index contributed by atoms with van der Waals surface area (Å²) in [5.74, 6) is 0. The molecule has 2 atom stereocenters. The molecule has 108 valence electrons. The first kappa shape index (κ1) is 14.7. The number of hydrogen-bond acceptors (Lipinski definition) is 3. The fourth-order valence-corrected chi connectivity index (χ4v) is 2.69. The van der Waals surface area contributed by atoms with Crippen LogP contribution in [0.2, 0.25) is 0 Å². The third-order valence-corrected chi connectivity index (χ3v) is 3.63. The van der Waals surface area contributed by atoms with Crippen LogP contribution in [-0.4, -0.2) is 30.0 Å². The second-order valence-electron chi connectivity index (χ2n) is 5.00.